The molecule has 2 aliphatic rings. The number of hydrogen-bond donors (Lipinski definition) is 2. The number of imide groups is 1. The average Bonchev–Trinajstić information content (AvgIpc) is 3.09. The Morgan fingerprint density at radius 3 is 2.75 bits per heavy atom. The number of ether oxygens (including phenoxy) is 1. The molecule has 24 heavy (non-hydrogen) atoms. The number of anilines is 1. The van der Waals surface area contributed by atoms with Gasteiger partial charge in [-0.1, -0.05) is 6.07 Å². The van der Waals surface area contributed by atoms with E-state index in [-0.39, 0.29) is 18.0 Å². The van der Waals surface area contributed by atoms with Gasteiger partial charge in [-0.2, -0.15) is 0 Å². The maximum atomic E-state index is 12.6. The lowest BCUT2D eigenvalue weighted by Gasteiger charge is -2.18. The molecule has 2 amide bonds. The fourth-order valence-corrected chi connectivity index (χ4v) is 2.89. The number of carbonyl (C=O) groups excluding carboxylic acids is 3. The molecule has 0 saturated carbocycles. The lowest BCUT2D eigenvalue weighted by atomic mass is 9.97. The van der Waals surface area contributed by atoms with Crippen LogP contribution in [0.2, 0.25) is 0 Å². The van der Waals surface area contributed by atoms with Gasteiger partial charge in [0, 0.05) is 12.1 Å². The third-order valence-corrected chi connectivity index (χ3v) is 3.94. The molecule has 3 rings (SSSR count). The Kier molecular flexibility index (Phi) is 3.99. The zero-order valence-electron chi connectivity index (χ0n) is 12.6. The first-order valence-corrected chi connectivity index (χ1v) is 7.25. The van der Waals surface area contributed by atoms with Crippen molar-refractivity contribution in [2.45, 2.75) is 19.0 Å². The third-order valence-electron chi connectivity index (χ3n) is 3.94. The maximum Gasteiger partial charge on any atom is 0.325 e. The minimum Gasteiger partial charge on any atom is -0.465 e. The van der Waals surface area contributed by atoms with Crippen LogP contribution in [0.5, 0.6) is 0 Å². The molecule has 0 spiro atoms. The number of rotatable bonds is 4. The number of carbonyl (C=O) groups is 3. The second-order valence-corrected chi connectivity index (χ2v) is 5.31. The van der Waals surface area contributed by atoms with Crippen molar-refractivity contribution in [3.05, 3.63) is 34.4 Å². The van der Waals surface area contributed by atoms with E-state index in [2.05, 4.69) is 10.9 Å². The monoisotopic (exact) mass is 334 g/mol. The van der Waals surface area contributed by atoms with Gasteiger partial charge in [-0.15, -0.1) is 0 Å². The number of nitrogens with zero attached hydrogens (tertiary/aromatic N) is 2. The van der Waals surface area contributed by atoms with Crippen molar-refractivity contribution in [1.82, 2.24) is 10.9 Å². The quantitative estimate of drug-likeness (QED) is 0.326. The Morgan fingerprint density at radius 1 is 1.33 bits per heavy atom. The van der Waals surface area contributed by atoms with Crippen molar-refractivity contribution in [3.8, 4) is 0 Å². The van der Waals surface area contributed by atoms with E-state index in [1.165, 1.54) is 18.2 Å². The molecule has 2 N–H and O–H groups in total. The number of amides is 2. The molecule has 0 aliphatic carbocycles. The second kappa shape index (κ2) is 5.98. The number of non-ortho nitro benzene ring substituents is 1. The highest BCUT2D eigenvalue weighted by atomic mass is 16.6. The fourth-order valence-electron chi connectivity index (χ4n) is 2.89. The first-order chi connectivity index (χ1) is 11.5. The minimum atomic E-state index is -0.991. The van der Waals surface area contributed by atoms with Crippen LogP contribution in [0.3, 0.4) is 0 Å². The standard InChI is InChI=1S/C14H14N4O6/c1-2-24-14(21)11-9-10(15-16-11)13(20)17(12(9)19)7-4-3-5-8(6-7)18(22)23/h3-6,9-11,15-16H,2H2,1H3. The number of nitrogens with one attached hydrogen (secondary N) is 2. The van der Waals surface area contributed by atoms with E-state index in [0.717, 1.165) is 11.0 Å². The van der Waals surface area contributed by atoms with Crippen molar-refractivity contribution in [2.24, 2.45) is 5.92 Å². The van der Waals surface area contributed by atoms with Crippen LogP contribution in [0.25, 0.3) is 0 Å². The number of hydrazine groups is 1. The van der Waals surface area contributed by atoms with Crippen molar-refractivity contribution in [2.75, 3.05) is 11.5 Å². The molecule has 1 aromatic carbocycles. The topological polar surface area (TPSA) is 131 Å². The molecular weight excluding hydrogens is 320 g/mol. The molecule has 0 aromatic heterocycles. The molecular formula is C14H14N4O6. The van der Waals surface area contributed by atoms with E-state index in [1.54, 1.807) is 6.92 Å². The van der Waals surface area contributed by atoms with Gasteiger partial charge in [0.1, 0.15) is 12.1 Å². The van der Waals surface area contributed by atoms with Crippen LogP contribution in [0.1, 0.15) is 6.92 Å². The zero-order chi connectivity index (χ0) is 17.4. The number of fused-ring (bicyclic) bond motifs is 1. The summed E-state index contributed by atoms with van der Waals surface area (Å²) >= 11 is 0. The van der Waals surface area contributed by atoms with Gasteiger partial charge < -0.3 is 4.74 Å². The Balaban J connectivity index is 1.92. The summed E-state index contributed by atoms with van der Waals surface area (Å²) in [7, 11) is 0. The van der Waals surface area contributed by atoms with Gasteiger partial charge in [0.2, 0.25) is 5.91 Å². The summed E-state index contributed by atoms with van der Waals surface area (Å²) < 4.78 is 4.90. The molecule has 2 fully saturated rings. The first kappa shape index (κ1) is 16.0. The number of nitro groups is 1. The SMILES string of the molecule is CCOC(=O)C1NNC2C(=O)N(c3cccc([N+](=O)[O-])c3)C(=O)C12. The van der Waals surface area contributed by atoms with Gasteiger partial charge in [-0.25, -0.2) is 15.8 Å². The molecule has 10 nitrogen and oxygen atoms in total. The largest absolute Gasteiger partial charge is 0.465 e. The molecule has 3 unspecified atom stereocenters. The van der Waals surface area contributed by atoms with E-state index in [9.17, 15) is 24.5 Å². The van der Waals surface area contributed by atoms with E-state index >= 15 is 0 Å². The van der Waals surface area contributed by atoms with Crippen LogP contribution in [0, 0.1) is 16.0 Å². The van der Waals surface area contributed by atoms with Gasteiger partial charge in [-0.3, -0.25) is 24.5 Å². The summed E-state index contributed by atoms with van der Waals surface area (Å²) in [5, 5.41) is 10.9. The molecule has 1 aromatic rings. The summed E-state index contributed by atoms with van der Waals surface area (Å²) in [6.07, 6.45) is 0. The summed E-state index contributed by atoms with van der Waals surface area (Å²) in [5.74, 6) is -2.79. The minimum absolute atomic E-state index is 0.0954. The van der Waals surface area contributed by atoms with Gasteiger partial charge in [-0.05, 0) is 13.0 Å². The second-order valence-electron chi connectivity index (χ2n) is 5.31. The Morgan fingerprint density at radius 2 is 2.08 bits per heavy atom. The van der Waals surface area contributed by atoms with E-state index in [1.807, 2.05) is 0 Å². The average molecular weight is 334 g/mol. The molecule has 10 heteroatoms. The molecule has 2 heterocycles. The summed E-state index contributed by atoms with van der Waals surface area (Å²) in [6.45, 7) is 1.78. The zero-order valence-corrected chi connectivity index (χ0v) is 12.6. The molecule has 2 saturated heterocycles. The van der Waals surface area contributed by atoms with Gasteiger partial charge in [0.25, 0.3) is 11.6 Å². The van der Waals surface area contributed by atoms with Crippen LogP contribution >= 0.6 is 0 Å². The first-order valence-electron chi connectivity index (χ1n) is 7.25. The number of hydrogen-bond acceptors (Lipinski definition) is 8. The molecule has 0 bridgehead atoms. The lowest BCUT2D eigenvalue weighted by molar-refractivity contribution is -0.384. The maximum absolute atomic E-state index is 12.6. The number of nitro benzene ring substituents is 1. The van der Waals surface area contributed by atoms with Gasteiger partial charge in [0.05, 0.1) is 23.1 Å². The highest BCUT2D eigenvalue weighted by molar-refractivity contribution is 6.25. The van der Waals surface area contributed by atoms with Gasteiger partial charge >= 0.3 is 5.97 Å². The van der Waals surface area contributed by atoms with E-state index in [4.69, 9.17) is 4.74 Å². The van der Waals surface area contributed by atoms with Gasteiger partial charge in [0.15, 0.2) is 0 Å². The van der Waals surface area contributed by atoms with Crippen molar-refractivity contribution in [1.29, 1.82) is 0 Å². The third kappa shape index (κ3) is 2.41. The molecule has 2 aliphatic heterocycles. The molecule has 126 valence electrons. The summed E-state index contributed by atoms with van der Waals surface area (Å²) in [6, 6.07) is 3.30. The van der Waals surface area contributed by atoms with Crippen molar-refractivity contribution in [3.63, 3.8) is 0 Å². The predicted molar refractivity (Wildman–Crippen MR) is 79.6 cm³/mol. The lowest BCUT2D eigenvalue weighted by Crippen LogP contribution is -2.46. The van der Waals surface area contributed by atoms with Crippen molar-refractivity contribution >= 4 is 29.2 Å². The van der Waals surface area contributed by atoms with Crippen LogP contribution in [0.15, 0.2) is 24.3 Å². The molecule has 0 radical (unpaired) electrons. The number of esters is 1. The Labute approximate surface area is 135 Å². The summed E-state index contributed by atoms with van der Waals surface area (Å²) in [4.78, 5) is 48.2. The Bertz CT molecular complexity index is 736. The van der Waals surface area contributed by atoms with E-state index < -0.39 is 40.7 Å². The Hall–Kier alpha value is -2.85. The van der Waals surface area contributed by atoms with Crippen molar-refractivity contribution < 1.29 is 24.0 Å². The van der Waals surface area contributed by atoms with Crippen LogP contribution in [-0.2, 0) is 19.1 Å². The van der Waals surface area contributed by atoms with Crippen LogP contribution in [-0.4, -0.2) is 41.4 Å². The fraction of sp³-hybridized carbons (Fsp3) is 0.357. The van der Waals surface area contributed by atoms with Crippen LogP contribution in [0.4, 0.5) is 11.4 Å². The predicted octanol–water partition coefficient (Wildman–Crippen LogP) is -0.508. The smallest absolute Gasteiger partial charge is 0.325 e. The normalized spacial score (nSPS) is 25.7. The molecule has 3 atom stereocenters. The highest BCUT2D eigenvalue weighted by Crippen LogP contribution is 2.33. The van der Waals surface area contributed by atoms with Crippen LogP contribution < -0.4 is 15.8 Å². The number of benzene rings is 1. The highest BCUT2D eigenvalue weighted by Gasteiger charge is 2.57. The summed E-state index contributed by atoms with van der Waals surface area (Å²) in [5.41, 5.74) is 5.09. The van der Waals surface area contributed by atoms with E-state index in [0.29, 0.717) is 0 Å².